The number of imide groups is 1. The number of aromatic carboxylic acids is 1. The minimum absolute atomic E-state index is 0.0772. The Kier molecular flexibility index (Phi) is 8.11. The van der Waals surface area contributed by atoms with Gasteiger partial charge in [0.1, 0.15) is 24.7 Å². The third-order valence-corrected chi connectivity index (χ3v) is 5.84. The first kappa shape index (κ1) is 27.1. The van der Waals surface area contributed by atoms with Crippen LogP contribution in [0.3, 0.4) is 0 Å². The number of ether oxygens (including phenoxy) is 2. The van der Waals surface area contributed by atoms with E-state index in [0.717, 1.165) is 0 Å². The summed E-state index contributed by atoms with van der Waals surface area (Å²) < 4.78 is 24.9. The molecule has 0 spiro atoms. The van der Waals surface area contributed by atoms with E-state index in [9.17, 15) is 23.6 Å². The minimum atomic E-state index is -1.04. The Morgan fingerprint density at radius 1 is 1.13 bits per heavy atom. The molecule has 3 N–H and O–H groups in total. The minimum Gasteiger partial charge on any atom is -0.493 e. The van der Waals surface area contributed by atoms with Gasteiger partial charge in [-0.1, -0.05) is 35.9 Å². The molecular formula is C27H21ClFN3O7. The highest BCUT2D eigenvalue weighted by molar-refractivity contribution is 6.32. The van der Waals surface area contributed by atoms with Gasteiger partial charge in [0.25, 0.3) is 5.91 Å². The molecule has 1 aliphatic heterocycles. The zero-order chi connectivity index (χ0) is 28.1. The number of hydrogen-bond donors (Lipinski definition) is 3. The number of methoxy groups -OCH3 is 1. The third kappa shape index (κ3) is 6.33. The Hall–Kier alpha value is -4.90. The number of urea groups is 1. The topological polar surface area (TPSA) is 134 Å². The fraction of sp³-hybridized carbons (Fsp3) is 0.111. The molecule has 1 heterocycles. The highest BCUT2D eigenvalue weighted by atomic mass is 35.5. The molecule has 0 aliphatic carbocycles. The van der Waals surface area contributed by atoms with Crippen molar-refractivity contribution in [2.75, 3.05) is 19.0 Å². The van der Waals surface area contributed by atoms with Crippen LogP contribution < -0.4 is 20.1 Å². The fourth-order valence-electron chi connectivity index (χ4n) is 3.64. The number of benzene rings is 3. The van der Waals surface area contributed by atoms with Crippen LogP contribution in [0.2, 0.25) is 5.02 Å². The Labute approximate surface area is 226 Å². The quantitative estimate of drug-likeness (QED) is 0.266. The molecule has 12 heteroatoms. The summed E-state index contributed by atoms with van der Waals surface area (Å²) >= 11 is 6.41. The number of carbonyl (C=O) groups is 4. The molecule has 200 valence electrons. The summed E-state index contributed by atoms with van der Waals surface area (Å²) in [5, 5.41) is 13.9. The number of hydrogen-bond acceptors (Lipinski definition) is 6. The van der Waals surface area contributed by atoms with Gasteiger partial charge in [0, 0.05) is 0 Å². The van der Waals surface area contributed by atoms with Gasteiger partial charge in [-0.25, -0.2) is 18.9 Å². The second kappa shape index (κ2) is 11.7. The molecule has 0 radical (unpaired) electrons. The molecule has 10 nitrogen and oxygen atoms in total. The summed E-state index contributed by atoms with van der Waals surface area (Å²) in [5.74, 6) is -2.75. The first-order valence-corrected chi connectivity index (χ1v) is 11.8. The summed E-state index contributed by atoms with van der Waals surface area (Å²) in [7, 11) is 1.40. The van der Waals surface area contributed by atoms with Gasteiger partial charge in [-0.05, 0) is 53.6 Å². The van der Waals surface area contributed by atoms with Crippen molar-refractivity contribution in [3.63, 3.8) is 0 Å². The molecule has 3 aromatic carbocycles. The molecule has 0 aromatic heterocycles. The summed E-state index contributed by atoms with van der Waals surface area (Å²) in [6.45, 7) is -0.546. The molecule has 1 fully saturated rings. The van der Waals surface area contributed by atoms with Crippen molar-refractivity contribution >= 4 is 47.2 Å². The van der Waals surface area contributed by atoms with Crippen LogP contribution in [0.25, 0.3) is 6.08 Å². The summed E-state index contributed by atoms with van der Waals surface area (Å²) in [6, 6.07) is 13.8. The number of rotatable bonds is 9. The standard InChI is InChI=1S/C27H21ClFN3O7/c1-38-22-12-16(10-18(28)24(22)39-14-15-6-8-17(9-7-15)26(35)36)11-21-25(34)32(27(37)31-21)13-23(33)30-20-5-3-2-4-19(20)29/h2-12H,13-14H2,1H3,(H,30,33)(H,31,37)(H,35,36)/b21-11-. The van der Waals surface area contributed by atoms with Gasteiger partial charge in [0.15, 0.2) is 11.5 Å². The zero-order valence-corrected chi connectivity index (χ0v) is 21.1. The average molecular weight is 554 g/mol. The Morgan fingerprint density at radius 2 is 1.85 bits per heavy atom. The molecule has 0 atom stereocenters. The van der Waals surface area contributed by atoms with Crippen molar-refractivity contribution < 1.29 is 38.1 Å². The van der Waals surface area contributed by atoms with Crippen LogP contribution in [0.1, 0.15) is 21.5 Å². The molecule has 4 amide bonds. The van der Waals surface area contributed by atoms with Crippen molar-refractivity contribution in [2.45, 2.75) is 6.61 Å². The van der Waals surface area contributed by atoms with Crippen LogP contribution in [0, 0.1) is 5.82 Å². The number of para-hydroxylation sites is 1. The largest absolute Gasteiger partial charge is 0.493 e. The van der Waals surface area contributed by atoms with Gasteiger partial charge in [0.05, 0.1) is 23.4 Å². The van der Waals surface area contributed by atoms with Crippen molar-refractivity contribution in [3.8, 4) is 11.5 Å². The Morgan fingerprint density at radius 3 is 2.51 bits per heavy atom. The number of nitrogens with zero attached hydrogens (tertiary/aromatic N) is 1. The van der Waals surface area contributed by atoms with E-state index in [2.05, 4.69) is 10.6 Å². The Balaban J connectivity index is 1.46. The van der Waals surface area contributed by atoms with Crippen LogP contribution >= 0.6 is 11.6 Å². The van der Waals surface area contributed by atoms with E-state index in [1.54, 1.807) is 12.1 Å². The lowest BCUT2D eigenvalue weighted by Gasteiger charge is -2.14. The number of halogens is 2. The number of anilines is 1. The SMILES string of the molecule is COc1cc(/C=C2\NC(=O)N(CC(=O)Nc3ccccc3F)C2=O)cc(Cl)c1OCc1ccc(C(=O)O)cc1. The van der Waals surface area contributed by atoms with E-state index < -0.39 is 36.2 Å². The van der Waals surface area contributed by atoms with Crippen LogP contribution in [-0.4, -0.2) is 47.5 Å². The van der Waals surface area contributed by atoms with Crippen molar-refractivity contribution in [2.24, 2.45) is 0 Å². The fourth-order valence-corrected chi connectivity index (χ4v) is 3.91. The van der Waals surface area contributed by atoms with E-state index in [0.29, 0.717) is 16.0 Å². The van der Waals surface area contributed by atoms with E-state index in [1.807, 2.05) is 0 Å². The van der Waals surface area contributed by atoms with Crippen LogP contribution in [0.15, 0.2) is 66.4 Å². The molecular weight excluding hydrogens is 533 g/mol. The van der Waals surface area contributed by atoms with Crippen molar-refractivity contribution in [3.05, 3.63) is 93.9 Å². The van der Waals surface area contributed by atoms with Gasteiger partial charge in [-0.2, -0.15) is 0 Å². The van der Waals surface area contributed by atoms with E-state index in [-0.39, 0.29) is 40.1 Å². The van der Waals surface area contributed by atoms with Crippen LogP contribution in [0.4, 0.5) is 14.9 Å². The lowest BCUT2D eigenvalue weighted by Crippen LogP contribution is -2.38. The maximum atomic E-state index is 13.8. The molecule has 1 aliphatic rings. The van der Waals surface area contributed by atoms with Gasteiger partial charge < -0.3 is 25.2 Å². The van der Waals surface area contributed by atoms with E-state index in [4.69, 9.17) is 26.2 Å². The van der Waals surface area contributed by atoms with Gasteiger partial charge in [-0.15, -0.1) is 0 Å². The highest BCUT2D eigenvalue weighted by Crippen LogP contribution is 2.37. The highest BCUT2D eigenvalue weighted by Gasteiger charge is 2.35. The smallest absolute Gasteiger partial charge is 0.335 e. The first-order chi connectivity index (χ1) is 18.7. The van der Waals surface area contributed by atoms with E-state index in [1.165, 1.54) is 61.7 Å². The maximum absolute atomic E-state index is 13.8. The van der Waals surface area contributed by atoms with Crippen LogP contribution in [0.5, 0.6) is 11.5 Å². The van der Waals surface area contributed by atoms with Crippen molar-refractivity contribution in [1.82, 2.24) is 10.2 Å². The molecule has 39 heavy (non-hydrogen) atoms. The summed E-state index contributed by atoms with van der Waals surface area (Å²) in [5.41, 5.74) is 1.05. The second-order valence-electron chi connectivity index (χ2n) is 8.23. The summed E-state index contributed by atoms with van der Waals surface area (Å²) in [6.07, 6.45) is 1.36. The average Bonchev–Trinajstić information content (AvgIpc) is 3.16. The van der Waals surface area contributed by atoms with Gasteiger partial charge >= 0.3 is 12.0 Å². The molecule has 0 saturated carbocycles. The lowest BCUT2D eigenvalue weighted by molar-refractivity contribution is -0.127. The molecule has 0 unspecified atom stereocenters. The number of amides is 4. The van der Waals surface area contributed by atoms with E-state index >= 15 is 0 Å². The lowest BCUT2D eigenvalue weighted by atomic mass is 10.1. The van der Waals surface area contributed by atoms with Gasteiger partial charge in [-0.3, -0.25) is 9.59 Å². The first-order valence-electron chi connectivity index (χ1n) is 11.4. The molecule has 3 aromatic rings. The predicted molar refractivity (Wildman–Crippen MR) is 139 cm³/mol. The molecule has 4 rings (SSSR count). The number of carboxylic acid groups (broad SMARTS) is 1. The maximum Gasteiger partial charge on any atom is 0.335 e. The summed E-state index contributed by atoms with van der Waals surface area (Å²) in [4.78, 5) is 49.2. The van der Waals surface area contributed by atoms with Crippen LogP contribution in [-0.2, 0) is 16.2 Å². The predicted octanol–water partition coefficient (Wildman–Crippen LogP) is 4.30. The van der Waals surface area contributed by atoms with Gasteiger partial charge in [0.2, 0.25) is 5.91 Å². The van der Waals surface area contributed by atoms with Crippen molar-refractivity contribution in [1.29, 1.82) is 0 Å². The molecule has 0 bridgehead atoms. The number of nitrogens with one attached hydrogen (secondary N) is 2. The normalized spacial score (nSPS) is 13.8. The monoisotopic (exact) mass is 553 g/mol. The number of carboxylic acids is 1. The third-order valence-electron chi connectivity index (χ3n) is 5.56. The second-order valence-corrected chi connectivity index (χ2v) is 8.64. The Bertz CT molecular complexity index is 1490. The zero-order valence-electron chi connectivity index (χ0n) is 20.4. The molecule has 1 saturated heterocycles. The number of carbonyl (C=O) groups excluding carboxylic acids is 3.